The molecule has 0 amide bonds. The molecule has 2 rings (SSSR count). The quantitative estimate of drug-likeness (QED) is 0.749. The Morgan fingerprint density at radius 3 is 2.68 bits per heavy atom. The summed E-state index contributed by atoms with van der Waals surface area (Å²) >= 11 is 1.19. The summed E-state index contributed by atoms with van der Waals surface area (Å²) in [6.45, 7) is 0.187. The van der Waals surface area contributed by atoms with E-state index >= 15 is 0 Å². The average Bonchev–Trinajstić information content (AvgIpc) is 2.91. The predicted octanol–water partition coefficient (Wildman–Crippen LogP) is 2.27. The van der Waals surface area contributed by atoms with Crippen LogP contribution < -0.4 is 9.47 Å². The minimum absolute atomic E-state index is 0.187. The highest BCUT2D eigenvalue weighted by atomic mass is 32.2. The molecule has 0 aliphatic heterocycles. The second-order valence-electron chi connectivity index (χ2n) is 3.37. The second kappa shape index (κ2) is 6.66. The zero-order chi connectivity index (χ0) is 13.5. The number of nitriles is 1. The first kappa shape index (κ1) is 13.2. The van der Waals surface area contributed by atoms with Gasteiger partial charge < -0.3 is 13.9 Å². The van der Waals surface area contributed by atoms with Crippen LogP contribution >= 0.6 is 11.8 Å². The van der Waals surface area contributed by atoms with Crippen LogP contribution in [0.2, 0.25) is 0 Å². The molecule has 0 aliphatic carbocycles. The van der Waals surface area contributed by atoms with Crippen molar-refractivity contribution in [2.75, 3.05) is 12.9 Å². The molecular weight excluding hydrogens is 266 g/mol. The van der Waals surface area contributed by atoms with E-state index in [1.807, 2.05) is 6.07 Å². The van der Waals surface area contributed by atoms with Crippen molar-refractivity contribution in [2.45, 2.75) is 11.8 Å². The van der Waals surface area contributed by atoms with Crippen molar-refractivity contribution in [3.8, 4) is 17.6 Å². The second-order valence-corrected chi connectivity index (χ2v) is 4.30. The van der Waals surface area contributed by atoms with Gasteiger partial charge in [-0.1, -0.05) is 11.8 Å². The Hall–Kier alpha value is -2.20. The summed E-state index contributed by atoms with van der Waals surface area (Å²) in [5.41, 5.74) is 0. The molecule has 1 heterocycles. The zero-order valence-corrected chi connectivity index (χ0v) is 11.0. The molecule has 0 aliphatic rings. The number of ether oxygens (including phenoxy) is 2. The summed E-state index contributed by atoms with van der Waals surface area (Å²) in [6, 6.07) is 9.18. The van der Waals surface area contributed by atoms with Gasteiger partial charge in [-0.25, -0.2) is 0 Å². The lowest BCUT2D eigenvalue weighted by Gasteiger charge is -2.04. The fraction of sp³-hybridized carbons (Fsp3) is 0.250. The molecule has 0 atom stereocenters. The summed E-state index contributed by atoms with van der Waals surface area (Å²) in [7, 11) is 1.61. The number of thioether (sulfide) groups is 1. The molecule has 1 aromatic heterocycles. The van der Waals surface area contributed by atoms with E-state index in [-0.39, 0.29) is 12.4 Å². The maximum absolute atomic E-state index is 8.43. The Labute approximate surface area is 114 Å². The smallest absolute Gasteiger partial charge is 0.277 e. The molecule has 19 heavy (non-hydrogen) atoms. The van der Waals surface area contributed by atoms with Crippen LogP contribution in [0.3, 0.4) is 0 Å². The third kappa shape index (κ3) is 3.89. The Bertz CT molecular complexity index is 562. The van der Waals surface area contributed by atoms with Gasteiger partial charge in [0.2, 0.25) is 0 Å². The van der Waals surface area contributed by atoms with Crippen LogP contribution in [0.25, 0.3) is 0 Å². The molecule has 1 aromatic carbocycles. The normalized spacial score (nSPS) is 9.89. The van der Waals surface area contributed by atoms with E-state index in [1.165, 1.54) is 11.8 Å². The van der Waals surface area contributed by atoms with Gasteiger partial charge in [-0.2, -0.15) is 5.26 Å². The van der Waals surface area contributed by atoms with Crippen molar-refractivity contribution in [1.82, 2.24) is 10.2 Å². The lowest BCUT2D eigenvalue weighted by molar-refractivity contribution is 0.252. The van der Waals surface area contributed by atoms with Gasteiger partial charge in [-0.05, 0) is 24.3 Å². The summed E-state index contributed by atoms with van der Waals surface area (Å²) in [6.07, 6.45) is 0. The predicted molar refractivity (Wildman–Crippen MR) is 68.0 cm³/mol. The molecule has 6 nitrogen and oxygen atoms in total. The van der Waals surface area contributed by atoms with E-state index < -0.39 is 0 Å². The van der Waals surface area contributed by atoms with Crippen LogP contribution in [-0.2, 0) is 6.61 Å². The Morgan fingerprint density at radius 2 is 2.00 bits per heavy atom. The first-order chi connectivity index (χ1) is 9.31. The van der Waals surface area contributed by atoms with Crippen LogP contribution in [0.5, 0.6) is 11.5 Å². The van der Waals surface area contributed by atoms with E-state index in [4.69, 9.17) is 19.2 Å². The molecule has 0 saturated carbocycles. The van der Waals surface area contributed by atoms with Crippen molar-refractivity contribution in [2.24, 2.45) is 0 Å². The number of benzene rings is 1. The first-order valence-corrected chi connectivity index (χ1v) is 6.39. The van der Waals surface area contributed by atoms with E-state index in [1.54, 1.807) is 31.4 Å². The molecule has 2 aromatic rings. The molecule has 7 heteroatoms. The minimum Gasteiger partial charge on any atom is -0.497 e. The van der Waals surface area contributed by atoms with Crippen molar-refractivity contribution in [1.29, 1.82) is 5.26 Å². The highest BCUT2D eigenvalue weighted by Crippen LogP contribution is 2.19. The lowest BCUT2D eigenvalue weighted by Crippen LogP contribution is -1.95. The third-order valence-electron chi connectivity index (χ3n) is 2.13. The van der Waals surface area contributed by atoms with Crippen LogP contribution in [0.15, 0.2) is 33.9 Å². The molecule has 0 unspecified atom stereocenters. The van der Waals surface area contributed by atoms with Gasteiger partial charge in [0, 0.05) is 0 Å². The van der Waals surface area contributed by atoms with Gasteiger partial charge >= 0.3 is 0 Å². The zero-order valence-electron chi connectivity index (χ0n) is 10.2. The van der Waals surface area contributed by atoms with Gasteiger partial charge in [0.05, 0.1) is 18.9 Å². The fourth-order valence-electron chi connectivity index (χ4n) is 1.27. The topological polar surface area (TPSA) is 81.2 Å². The molecule has 98 valence electrons. The monoisotopic (exact) mass is 277 g/mol. The Kier molecular flexibility index (Phi) is 4.64. The molecule has 0 N–H and O–H groups in total. The van der Waals surface area contributed by atoms with Gasteiger partial charge in [0.1, 0.15) is 11.5 Å². The van der Waals surface area contributed by atoms with Crippen molar-refractivity contribution in [3.05, 3.63) is 30.2 Å². The standard InChI is InChI=1S/C12H11N3O3S/c1-16-9-2-4-10(5-3-9)17-8-11-14-15-12(18-11)19-7-6-13/h2-5H,7-8H2,1H3. The molecule has 0 spiro atoms. The fourth-order valence-corrected chi connectivity index (χ4v) is 1.71. The van der Waals surface area contributed by atoms with Crippen LogP contribution in [0.1, 0.15) is 5.89 Å². The molecule has 0 radical (unpaired) electrons. The summed E-state index contributed by atoms with van der Waals surface area (Å²) < 4.78 is 15.8. The van der Waals surface area contributed by atoms with Gasteiger partial charge in [-0.3, -0.25) is 0 Å². The van der Waals surface area contributed by atoms with E-state index in [0.29, 0.717) is 16.9 Å². The molecular formula is C12H11N3O3S. The van der Waals surface area contributed by atoms with E-state index in [9.17, 15) is 0 Å². The van der Waals surface area contributed by atoms with Crippen LogP contribution in [0.4, 0.5) is 0 Å². The van der Waals surface area contributed by atoms with Gasteiger partial charge in [0.25, 0.3) is 11.1 Å². The lowest BCUT2D eigenvalue weighted by atomic mass is 10.3. The molecule has 0 bridgehead atoms. The SMILES string of the molecule is COc1ccc(OCc2nnc(SCC#N)o2)cc1. The minimum atomic E-state index is 0.187. The summed E-state index contributed by atoms with van der Waals surface area (Å²) in [5.74, 6) is 2.10. The van der Waals surface area contributed by atoms with E-state index in [2.05, 4.69) is 10.2 Å². The third-order valence-corrected chi connectivity index (χ3v) is 2.82. The Morgan fingerprint density at radius 1 is 1.26 bits per heavy atom. The summed E-state index contributed by atoms with van der Waals surface area (Å²) in [5, 5.41) is 16.4. The van der Waals surface area contributed by atoms with Gasteiger partial charge in [-0.15, -0.1) is 10.2 Å². The van der Waals surface area contributed by atoms with E-state index in [0.717, 1.165) is 5.75 Å². The maximum atomic E-state index is 8.43. The van der Waals surface area contributed by atoms with Crippen molar-refractivity contribution >= 4 is 11.8 Å². The number of nitrogens with zero attached hydrogens (tertiary/aromatic N) is 3. The highest BCUT2D eigenvalue weighted by Gasteiger charge is 2.07. The number of rotatable bonds is 6. The maximum Gasteiger partial charge on any atom is 0.277 e. The van der Waals surface area contributed by atoms with Crippen molar-refractivity contribution < 1.29 is 13.9 Å². The number of aromatic nitrogens is 2. The van der Waals surface area contributed by atoms with Crippen LogP contribution in [0, 0.1) is 11.3 Å². The first-order valence-electron chi connectivity index (χ1n) is 5.41. The molecule has 0 fully saturated rings. The number of hydrogen-bond donors (Lipinski definition) is 0. The van der Waals surface area contributed by atoms with Crippen molar-refractivity contribution in [3.63, 3.8) is 0 Å². The largest absolute Gasteiger partial charge is 0.497 e. The number of hydrogen-bond acceptors (Lipinski definition) is 7. The van der Waals surface area contributed by atoms with Crippen LogP contribution in [-0.4, -0.2) is 23.1 Å². The summed E-state index contributed by atoms with van der Waals surface area (Å²) in [4.78, 5) is 0. The number of methoxy groups -OCH3 is 1. The Balaban J connectivity index is 1.87. The molecule has 0 saturated heterocycles. The average molecular weight is 277 g/mol. The van der Waals surface area contributed by atoms with Gasteiger partial charge in [0.15, 0.2) is 6.61 Å². The highest BCUT2D eigenvalue weighted by molar-refractivity contribution is 7.99.